The van der Waals surface area contributed by atoms with E-state index >= 15 is 0 Å². The lowest BCUT2D eigenvalue weighted by Crippen LogP contribution is -2.10. The summed E-state index contributed by atoms with van der Waals surface area (Å²) in [5.41, 5.74) is 7.73. The second kappa shape index (κ2) is 7.34. The number of hydrogen-bond acceptors (Lipinski definition) is 5. The van der Waals surface area contributed by atoms with Gasteiger partial charge in [0.25, 0.3) is 0 Å². The smallest absolute Gasteiger partial charge is 0.347 e. The van der Waals surface area contributed by atoms with Gasteiger partial charge in [-0.15, -0.1) is 12.4 Å². The third kappa shape index (κ3) is 3.94. The minimum atomic E-state index is -0.312. The molecule has 0 unspecified atom stereocenters. The van der Waals surface area contributed by atoms with E-state index in [1.165, 1.54) is 10.6 Å². The maximum Gasteiger partial charge on any atom is 0.347 e. The molecule has 0 atom stereocenters. The molecule has 3 aromatic heterocycles. The van der Waals surface area contributed by atoms with Crippen LogP contribution in [-0.4, -0.2) is 26.1 Å². The zero-order valence-corrected chi connectivity index (χ0v) is 13.7. The van der Waals surface area contributed by atoms with Crippen molar-refractivity contribution in [3.05, 3.63) is 51.7 Å². The van der Waals surface area contributed by atoms with E-state index in [-0.39, 0.29) is 18.1 Å². The Balaban J connectivity index is 0.00000192. The predicted octanol–water partition coefficient (Wildman–Crippen LogP) is 2.12. The Morgan fingerprint density at radius 3 is 3.00 bits per heavy atom. The first-order chi connectivity index (χ1) is 10.6. The van der Waals surface area contributed by atoms with Gasteiger partial charge in [-0.05, 0) is 36.6 Å². The van der Waals surface area contributed by atoms with Crippen LogP contribution in [0.5, 0.6) is 0 Å². The molecule has 0 saturated heterocycles. The third-order valence-corrected chi connectivity index (χ3v) is 3.49. The van der Waals surface area contributed by atoms with Crippen molar-refractivity contribution in [1.29, 1.82) is 0 Å². The standard InChI is InChI=1S/C14H15ClN6O.ClH/c15-10-7-11(13-19-20-14(22)21(13)8-10)17-4-1-2-9-3-5-18-12(16)6-9;/h3,5-8,17H,1-2,4H2,(H2,16,18)(H,20,22);1H. The summed E-state index contributed by atoms with van der Waals surface area (Å²) in [6.07, 6.45) is 5.02. The Morgan fingerprint density at radius 1 is 1.39 bits per heavy atom. The lowest BCUT2D eigenvalue weighted by molar-refractivity contribution is 0.861. The molecule has 0 aliphatic heterocycles. The van der Waals surface area contributed by atoms with Crippen molar-refractivity contribution in [2.75, 3.05) is 17.6 Å². The highest BCUT2D eigenvalue weighted by molar-refractivity contribution is 6.30. The SMILES string of the molecule is Cl.Nc1cc(CCCNc2cc(Cl)cn3c(=O)[nH]nc23)ccn1. The number of aromatic amines is 1. The number of hydrogen-bond donors (Lipinski definition) is 3. The molecule has 3 heterocycles. The van der Waals surface area contributed by atoms with Crippen LogP contribution in [0.3, 0.4) is 0 Å². The zero-order chi connectivity index (χ0) is 15.5. The molecule has 0 amide bonds. The normalized spacial score (nSPS) is 10.5. The molecular weight excluding hydrogens is 339 g/mol. The molecule has 7 nitrogen and oxygen atoms in total. The fourth-order valence-corrected chi connectivity index (χ4v) is 2.48. The van der Waals surface area contributed by atoms with E-state index in [9.17, 15) is 4.79 Å². The Hall–Kier alpha value is -2.25. The van der Waals surface area contributed by atoms with Crippen molar-refractivity contribution in [2.45, 2.75) is 12.8 Å². The van der Waals surface area contributed by atoms with Gasteiger partial charge in [0, 0.05) is 18.9 Å². The van der Waals surface area contributed by atoms with Crippen LogP contribution >= 0.6 is 24.0 Å². The van der Waals surface area contributed by atoms with E-state index < -0.39 is 0 Å². The first-order valence-electron chi connectivity index (χ1n) is 6.84. The molecule has 0 saturated carbocycles. The van der Waals surface area contributed by atoms with E-state index in [1.807, 2.05) is 12.1 Å². The number of nitrogens with zero attached hydrogens (tertiary/aromatic N) is 3. The van der Waals surface area contributed by atoms with E-state index in [2.05, 4.69) is 20.5 Å². The Kier molecular flexibility index (Phi) is 5.46. The number of nitrogen functional groups attached to an aromatic ring is 1. The van der Waals surface area contributed by atoms with E-state index in [1.54, 1.807) is 12.3 Å². The first kappa shape index (κ1) is 17.1. The number of fused-ring (bicyclic) bond motifs is 1. The highest BCUT2D eigenvalue weighted by atomic mass is 35.5. The number of pyridine rings is 2. The first-order valence-corrected chi connectivity index (χ1v) is 7.22. The van der Waals surface area contributed by atoms with Gasteiger partial charge in [-0.1, -0.05) is 11.6 Å². The molecule has 122 valence electrons. The van der Waals surface area contributed by atoms with Crippen molar-refractivity contribution in [3.63, 3.8) is 0 Å². The molecule has 0 aromatic carbocycles. The summed E-state index contributed by atoms with van der Waals surface area (Å²) in [7, 11) is 0. The second-order valence-corrected chi connectivity index (χ2v) is 5.35. The van der Waals surface area contributed by atoms with Crippen LogP contribution in [0.1, 0.15) is 12.0 Å². The van der Waals surface area contributed by atoms with Gasteiger partial charge in [-0.3, -0.25) is 0 Å². The molecule has 0 aliphatic carbocycles. The summed E-state index contributed by atoms with van der Waals surface area (Å²) in [6.45, 7) is 0.722. The molecule has 0 aliphatic rings. The summed E-state index contributed by atoms with van der Waals surface area (Å²) in [5.74, 6) is 0.526. The fourth-order valence-electron chi connectivity index (χ4n) is 2.27. The van der Waals surface area contributed by atoms with Gasteiger partial charge >= 0.3 is 5.69 Å². The minimum absolute atomic E-state index is 0. The number of halogens is 2. The Bertz CT molecular complexity index is 860. The van der Waals surface area contributed by atoms with Crippen LogP contribution in [0.4, 0.5) is 11.5 Å². The number of aromatic nitrogens is 4. The molecule has 0 fully saturated rings. The molecule has 3 aromatic rings. The highest BCUT2D eigenvalue weighted by Crippen LogP contribution is 2.19. The molecule has 0 radical (unpaired) electrons. The van der Waals surface area contributed by atoms with Gasteiger partial charge in [-0.25, -0.2) is 19.3 Å². The lowest BCUT2D eigenvalue weighted by atomic mass is 10.1. The van der Waals surface area contributed by atoms with Crippen molar-refractivity contribution in [2.24, 2.45) is 0 Å². The average Bonchev–Trinajstić information content (AvgIpc) is 2.85. The number of H-pyrrole nitrogens is 1. The van der Waals surface area contributed by atoms with E-state index in [0.29, 0.717) is 16.5 Å². The molecule has 9 heteroatoms. The van der Waals surface area contributed by atoms with Gasteiger partial charge in [0.15, 0.2) is 5.65 Å². The Morgan fingerprint density at radius 2 is 2.22 bits per heavy atom. The van der Waals surface area contributed by atoms with Gasteiger partial charge in [0.1, 0.15) is 5.82 Å². The van der Waals surface area contributed by atoms with Crippen LogP contribution in [0.2, 0.25) is 5.02 Å². The zero-order valence-electron chi connectivity index (χ0n) is 12.1. The number of rotatable bonds is 5. The van der Waals surface area contributed by atoms with Crippen molar-refractivity contribution in [3.8, 4) is 0 Å². The molecule has 23 heavy (non-hydrogen) atoms. The van der Waals surface area contributed by atoms with E-state index in [4.69, 9.17) is 17.3 Å². The summed E-state index contributed by atoms with van der Waals surface area (Å²) in [4.78, 5) is 15.5. The van der Waals surface area contributed by atoms with Crippen LogP contribution in [-0.2, 0) is 6.42 Å². The predicted molar refractivity (Wildman–Crippen MR) is 93.5 cm³/mol. The maximum atomic E-state index is 11.6. The maximum absolute atomic E-state index is 11.6. The lowest BCUT2D eigenvalue weighted by Gasteiger charge is -2.08. The fraction of sp³-hybridized carbons (Fsp3) is 0.214. The highest BCUT2D eigenvalue weighted by Gasteiger charge is 2.07. The summed E-state index contributed by atoms with van der Waals surface area (Å²) < 4.78 is 1.38. The van der Waals surface area contributed by atoms with Gasteiger partial charge in [0.2, 0.25) is 0 Å². The Labute approximate surface area is 143 Å². The molecule has 3 rings (SSSR count). The number of anilines is 2. The van der Waals surface area contributed by atoms with Crippen molar-refractivity contribution < 1.29 is 0 Å². The second-order valence-electron chi connectivity index (χ2n) is 4.91. The van der Waals surface area contributed by atoms with Crippen molar-refractivity contribution >= 4 is 41.2 Å². The van der Waals surface area contributed by atoms with Crippen molar-refractivity contribution in [1.82, 2.24) is 19.6 Å². The third-order valence-electron chi connectivity index (χ3n) is 3.28. The quantitative estimate of drug-likeness (QED) is 0.609. The molecule has 4 N–H and O–H groups in total. The topological polar surface area (TPSA) is 101 Å². The summed E-state index contributed by atoms with van der Waals surface area (Å²) in [6, 6.07) is 5.56. The van der Waals surface area contributed by atoms with Crippen LogP contribution in [0.25, 0.3) is 5.65 Å². The largest absolute Gasteiger partial charge is 0.384 e. The van der Waals surface area contributed by atoms with Gasteiger partial charge in [-0.2, -0.15) is 5.10 Å². The minimum Gasteiger partial charge on any atom is -0.384 e. The van der Waals surface area contributed by atoms with Crippen LogP contribution in [0.15, 0.2) is 35.4 Å². The van der Waals surface area contributed by atoms with Crippen LogP contribution in [0, 0.1) is 0 Å². The van der Waals surface area contributed by atoms with E-state index in [0.717, 1.165) is 30.6 Å². The summed E-state index contributed by atoms with van der Waals surface area (Å²) >= 11 is 6.02. The van der Waals surface area contributed by atoms with Gasteiger partial charge < -0.3 is 11.1 Å². The average molecular weight is 355 g/mol. The monoisotopic (exact) mass is 354 g/mol. The molecule has 0 bridgehead atoms. The summed E-state index contributed by atoms with van der Waals surface area (Å²) in [5, 5.41) is 10.1. The number of aryl methyl sites for hydroxylation is 1. The number of nitrogens with one attached hydrogen (secondary N) is 2. The molecular formula is C14H16Cl2N6O. The number of nitrogens with two attached hydrogens (primary N) is 1. The molecule has 0 spiro atoms. The van der Waals surface area contributed by atoms with Gasteiger partial charge in [0.05, 0.1) is 10.7 Å². The van der Waals surface area contributed by atoms with Crippen LogP contribution < -0.4 is 16.7 Å².